The summed E-state index contributed by atoms with van der Waals surface area (Å²) >= 11 is 0. The molecule has 5 heteroatoms. The van der Waals surface area contributed by atoms with Gasteiger partial charge < -0.3 is 14.4 Å². The molecule has 0 aliphatic heterocycles. The summed E-state index contributed by atoms with van der Waals surface area (Å²) in [4.78, 5) is 13.5. The van der Waals surface area contributed by atoms with Crippen molar-refractivity contribution in [2.75, 3.05) is 0 Å². The van der Waals surface area contributed by atoms with E-state index in [9.17, 15) is 0 Å². The maximum absolute atomic E-state index is 5.77. The number of rotatable bonds is 4. The maximum atomic E-state index is 5.77. The molecule has 239 valence electrons. The summed E-state index contributed by atoms with van der Waals surface area (Å²) in [5.41, 5.74) is 14.1. The van der Waals surface area contributed by atoms with E-state index >= 15 is 0 Å². The zero-order valence-corrected chi connectivity index (χ0v) is 30.4. The molecule has 0 N–H and O–H groups in total. The molecule has 0 spiro atoms. The van der Waals surface area contributed by atoms with Gasteiger partial charge in [0.1, 0.15) is 5.58 Å². The van der Waals surface area contributed by atoms with Gasteiger partial charge in [0.25, 0.3) is 0 Å². The first-order chi connectivity index (χ1) is 22.0. The van der Waals surface area contributed by atoms with Crippen LogP contribution in [0, 0.1) is 45.2 Å². The van der Waals surface area contributed by atoms with Gasteiger partial charge in [-0.3, -0.25) is 4.98 Å². The Balaban J connectivity index is 0.000000186. The fourth-order valence-corrected chi connectivity index (χ4v) is 5.59. The minimum atomic E-state index is 0. The molecule has 0 fully saturated rings. The van der Waals surface area contributed by atoms with E-state index in [0.717, 1.165) is 56.7 Å². The van der Waals surface area contributed by atoms with Crippen molar-refractivity contribution in [1.29, 1.82) is 0 Å². The summed E-state index contributed by atoms with van der Waals surface area (Å²) in [6.07, 6.45) is 4.79. The molecule has 7 rings (SSSR count). The molecule has 4 heterocycles. The molecular weight excluding hydrogens is 755 g/mol. The summed E-state index contributed by atoms with van der Waals surface area (Å²) in [7, 11) is 0. The predicted octanol–water partition coefficient (Wildman–Crippen LogP) is 10.9. The molecule has 4 nitrogen and oxygen atoms in total. The van der Waals surface area contributed by atoms with Gasteiger partial charge in [0, 0.05) is 37.1 Å². The van der Waals surface area contributed by atoms with Gasteiger partial charge >= 0.3 is 0 Å². The van der Waals surface area contributed by atoms with E-state index in [1.165, 1.54) is 33.4 Å². The van der Waals surface area contributed by atoms with Crippen molar-refractivity contribution in [2.45, 2.75) is 54.9 Å². The summed E-state index contributed by atoms with van der Waals surface area (Å²) in [5.74, 6) is 0. The van der Waals surface area contributed by atoms with E-state index < -0.39 is 0 Å². The van der Waals surface area contributed by atoms with Crippen LogP contribution in [-0.4, -0.2) is 15.0 Å². The van der Waals surface area contributed by atoms with Gasteiger partial charge in [0.2, 0.25) is 0 Å². The third-order valence-electron chi connectivity index (χ3n) is 8.15. The van der Waals surface area contributed by atoms with Gasteiger partial charge in [-0.1, -0.05) is 93.4 Å². The Hall–Kier alpha value is -4.44. The summed E-state index contributed by atoms with van der Waals surface area (Å²) < 4.78 is 5.77. The predicted molar refractivity (Wildman–Crippen MR) is 190 cm³/mol. The Morgan fingerprint density at radius 1 is 0.702 bits per heavy atom. The quantitative estimate of drug-likeness (QED) is 0.167. The molecule has 47 heavy (non-hydrogen) atoms. The molecule has 0 unspecified atom stereocenters. The third kappa shape index (κ3) is 7.93. The van der Waals surface area contributed by atoms with Crippen molar-refractivity contribution in [3.8, 4) is 33.8 Å². The molecule has 0 bridgehead atoms. The number of benzene rings is 3. The molecule has 0 aliphatic rings. The van der Waals surface area contributed by atoms with Crippen LogP contribution in [-0.2, 0) is 26.5 Å². The Morgan fingerprint density at radius 2 is 1.45 bits per heavy atom. The van der Waals surface area contributed by atoms with Gasteiger partial charge in [-0.25, -0.2) is 0 Å². The fourth-order valence-electron chi connectivity index (χ4n) is 5.59. The van der Waals surface area contributed by atoms with Gasteiger partial charge in [0.15, 0.2) is 5.58 Å². The SMILES string of the molecule is Cc1cc[c-]c(-c2cc3c(cn2)oc2ccccc23)n1.Cc1cnc(-c2[c-]cc(C)c(-c3ccc(CC(C)(C)C)cc3)c2)cc1C.[Ir]. The van der Waals surface area contributed by atoms with E-state index in [-0.39, 0.29) is 20.1 Å². The number of hydrogen-bond donors (Lipinski definition) is 0. The Kier molecular flexibility index (Phi) is 10.2. The number of fused-ring (bicyclic) bond motifs is 3. The summed E-state index contributed by atoms with van der Waals surface area (Å²) in [6.45, 7) is 15.2. The molecule has 0 saturated carbocycles. The number of furan rings is 1. The van der Waals surface area contributed by atoms with E-state index in [2.05, 4.69) is 117 Å². The Labute approximate surface area is 291 Å². The fraction of sp³-hybridized carbons (Fsp3) is 0.214. The number of nitrogens with zero attached hydrogens (tertiary/aromatic N) is 3. The number of aryl methyl sites for hydroxylation is 4. The first-order valence-electron chi connectivity index (χ1n) is 15.7. The molecule has 3 aromatic carbocycles. The second-order valence-corrected chi connectivity index (χ2v) is 13.3. The maximum Gasteiger partial charge on any atom is 0.151 e. The van der Waals surface area contributed by atoms with Crippen LogP contribution in [0.4, 0.5) is 0 Å². The van der Waals surface area contributed by atoms with Crippen LogP contribution in [0.3, 0.4) is 0 Å². The van der Waals surface area contributed by atoms with Crippen molar-refractivity contribution in [3.05, 3.63) is 137 Å². The van der Waals surface area contributed by atoms with Crippen LogP contribution in [0.5, 0.6) is 0 Å². The van der Waals surface area contributed by atoms with Crippen LogP contribution in [0.15, 0.2) is 102 Å². The number of hydrogen-bond acceptors (Lipinski definition) is 4. The van der Waals surface area contributed by atoms with Gasteiger partial charge in [-0.15, -0.1) is 35.4 Å². The molecule has 0 saturated heterocycles. The number of para-hydroxylation sites is 1. The van der Waals surface area contributed by atoms with E-state index in [1.54, 1.807) is 6.20 Å². The van der Waals surface area contributed by atoms with Crippen LogP contribution < -0.4 is 0 Å². The monoisotopic (exact) mass is 794 g/mol. The normalized spacial score (nSPS) is 11.2. The topological polar surface area (TPSA) is 51.8 Å². The van der Waals surface area contributed by atoms with Crippen LogP contribution >= 0.6 is 0 Å². The zero-order chi connectivity index (χ0) is 32.4. The van der Waals surface area contributed by atoms with E-state index in [1.807, 2.05) is 49.5 Å². The second kappa shape index (κ2) is 14.1. The molecule has 4 aromatic heterocycles. The molecule has 0 amide bonds. The Bertz CT molecular complexity index is 2160. The molecule has 0 aliphatic carbocycles. The molecule has 1 radical (unpaired) electrons. The standard InChI is InChI=1S/C25H28N.C17H11N2O.Ir/c1-17-7-10-22(24-13-18(2)19(3)16-26-24)14-23(17)21-11-8-20(9-12-21)15-25(4,5)6;1-11-5-4-7-14(19-11)15-9-13-12-6-2-3-8-16(12)20-17(13)10-18-15;/h7-9,11-14,16H,15H2,1-6H3;2-6,8-10H,1H3;/q2*-1;. The molecule has 0 atom stereocenters. The van der Waals surface area contributed by atoms with Crippen molar-refractivity contribution < 1.29 is 24.5 Å². The second-order valence-electron chi connectivity index (χ2n) is 13.3. The zero-order valence-electron chi connectivity index (χ0n) is 28.0. The average molecular weight is 794 g/mol. The first kappa shape index (κ1) is 33.9. The van der Waals surface area contributed by atoms with Crippen LogP contribution in [0.25, 0.3) is 55.7 Å². The van der Waals surface area contributed by atoms with Crippen molar-refractivity contribution in [1.82, 2.24) is 15.0 Å². The van der Waals surface area contributed by atoms with E-state index in [0.29, 0.717) is 5.41 Å². The Morgan fingerprint density at radius 3 is 2.17 bits per heavy atom. The smallest absolute Gasteiger partial charge is 0.151 e. The minimum Gasteiger partial charge on any atom is -0.455 e. The van der Waals surface area contributed by atoms with E-state index in [4.69, 9.17) is 4.42 Å². The van der Waals surface area contributed by atoms with Gasteiger partial charge in [-0.05, 0) is 78.1 Å². The minimum absolute atomic E-state index is 0. The number of pyridine rings is 3. The average Bonchev–Trinajstić information content (AvgIpc) is 3.41. The van der Waals surface area contributed by atoms with Gasteiger partial charge in [0.05, 0.1) is 6.20 Å². The van der Waals surface area contributed by atoms with Crippen molar-refractivity contribution in [3.63, 3.8) is 0 Å². The van der Waals surface area contributed by atoms with Gasteiger partial charge in [-0.2, -0.15) is 12.1 Å². The molecular formula is C42H39IrN3O-2. The van der Waals surface area contributed by atoms with Crippen LogP contribution in [0.2, 0.25) is 0 Å². The van der Waals surface area contributed by atoms with Crippen molar-refractivity contribution >= 4 is 21.9 Å². The van der Waals surface area contributed by atoms with Crippen molar-refractivity contribution in [2.24, 2.45) is 5.41 Å². The largest absolute Gasteiger partial charge is 0.455 e. The summed E-state index contributed by atoms with van der Waals surface area (Å²) in [5, 5.41) is 2.15. The number of aromatic nitrogens is 3. The first-order valence-corrected chi connectivity index (χ1v) is 15.7. The summed E-state index contributed by atoms with van der Waals surface area (Å²) in [6, 6.07) is 35.7. The van der Waals surface area contributed by atoms with Crippen LogP contribution in [0.1, 0.15) is 48.7 Å². The molecule has 7 aromatic rings. The third-order valence-corrected chi connectivity index (χ3v) is 8.15.